The second-order valence-electron chi connectivity index (χ2n) is 5.65. The lowest BCUT2D eigenvalue weighted by atomic mass is 10.1. The summed E-state index contributed by atoms with van der Waals surface area (Å²) in [5.41, 5.74) is 8.41. The molecule has 0 aliphatic heterocycles. The number of ether oxygens (including phenoxy) is 1. The maximum atomic E-state index is 12.3. The fourth-order valence-electron chi connectivity index (χ4n) is 1.97. The van der Waals surface area contributed by atoms with Gasteiger partial charge >= 0.3 is 5.97 Å². The molecule has 0 aromatic carbocycles. The van der Waals surface area contributed by atoms with Gasteiger partial charge in [0, 0.05) is 15.8 Å². The maximum absolute atomic E-state index is 12.3. The summed E-state index contributed by atoms with van der Waals surface area (Å²) in [6, 6.07) is 2.12. The van der Waals surface area contributed by atoms with Crippen molar-refractivity contribution < 1.29 is 9.53 Å². The van der Waals surface area contributed by atoms with E-state index in [0.29, 0.717) is 10.6 Å². The van der Waals surface area contributed by atoms with Crippen molar-refractivity contribution >= 4 is 56.9 Å². The van der Waals surface area contributed by atoms with Crippen LogP contribution in [-0.2, 0) is 11.2 Å². The van der Waals surface area contributed by atoms with Crippen LogP contribution in [0.1, 0.15) is 42.9 Å². The SMILES string of the molecule is CCc1c(-c2csc(I)c2)sc(C(=O)OC(C)(C)C)c1N. The highest BCUT2D eigenvalue weighted by atomic mass is 127. The van der Waals surface area contributed by atoms with Crippen molar-refractivity contribution in [2.24, 2.45) is 0 Å². The third-order valence-corrected chi connectivity index (χ3v) is 5.88. The third kappa shape index (κ3) is 3.78. The quantitative estimate of drug-likeness (QED) is 0.534. The summed E-state index contributed by atoms with van der Waals surface area (Å²) in [5.74, 6) is -0.337. The zero-order valence-electron chi connectivity index (χ0n) is 12.5. The van der Waals surface area contributed by atoms with Gasteiger partial charge in [0.05, 0.1) is 8.57 Å². The van der Waals surface area contributed by atoms with Gasteiger partial charge < -0.3 is 10.5 Å². The zero-order chi connectivity index (χ0) is 15.8. The number of rotatable bonds is 3. The van der Waals surface area contributed by atoms with Gasteiger partial charge in [0.1, 0.15) is 10.5 Å². The van der Waals surface area contributed by atoms with Crippen LogP contribution in [0.5, 0.6) is 0 Å². The van der Waals surface area contributed by atoms with Crippen LogP contribution >= 0.6 is 45.3 Å². The molecule has 0 aliphatic rings. The summed E-state index contributed by atoms with van der Waals surface area (Å²) in [4.78, 5) is 13.9. The van der Waals surface area contributed by atoms with E-state index in [4.69, 9.17) is 10.5 Å². The number of carbonyl (C=O) groups is 1. The highest BCUT2D eigenvalue weighted by molar-refractivity contribution is 14.1. The largest absolute Gasteiger partial charge is 0.456 e. The topological polar surface area (TPSA) is 52.3 Å². The zero-order valence-corrected chi connectivity index (χ0v) is 16.2. The smallest absolute Gasteiger partial charge is 0.351 e. The molecule has 0 radical (unpaired) electrons. The fourth-order valence-corrected chi connectivity index (χ4v) is 4.55. The normalized spacial score (nSPS) is 11.7. The van der Waals surface area contributed by atoms with E-state index in [1.54, 1.807) is 11.3 Å². The van der Waals surface area contributed by atoms with Gasteiger partial charge in [-0.3, -0.25) is 0 Å². The Bertz CT molecular complexity index is 668. The summed E-state index contributed by atoms with van der Waals surface area (Å²) < 4.78 is 6.67. The van der Waals surface area contributed by atoms with Gasteiger partial charge in [-0.15, -0.1) is 22.7 Å². The minimum atomic E-state index is -0.516. The lowest BCUT2D eigenvalue weighted by Gasteiger charge is -2.19. The summed E-state index contributed by atoms with van der Waals surface area (Å²) in [6.07, 6.45) is 0.799. The van der Waals surface area contributed by atoms with Gasteiger partial charge in [-0.2, -0.15) is 0 Å². The van der Waals surface area contributed by atoms with Crippen LogP contribution < -0.4 is 5.73 Å². The van der Waals surface area contributed by atoms with Crippen LogP contribution in [0, 0.1) is 2.88 Å². The van der Waals surface area contributed by atoms with Crippen LogP contribution in [0.2, 0.25) is 0 Å². The monoisotopic (exact) mass is 435 g/mol. The average Bonchev–Trinajstić information content (AvgIpc) is 2.90. The molecule has 0 saturated heterocycles. The Labute approximate surface area is 146 Å². The van der Waals surface area contributed by atoms with Crippen LogP contribution in [0.25, 0.3) is 10.4 Å². The predicted octanol–water partition coefficient (Wildman–Crippen LogP) is 5.18. The van der Waals surface area contributed by atoms with Gasteiger partial charge in [0.2, 0.25) is 0 Å². The molecule has 3 nitrogen and oxygen atoms in total. The summed E-state index contributed by atoms with van der Waals surface area (Å²) >= 11 is 5.42. The van der Waals surface area contributed by atoms with E-state index in [1.165, 1.54) is 14.2 Å². The van der Waals surface area contributed by atoms with Gasteiger partial charge in [0.15, 0.2) is 0 Å². The lowest BCUT2D eigenvalue weighted by Crippen LogP contribution is -2.23. The molecule has 0 fully saturated rings. The van der Waals surface area contributed by atoms with Crippen molar-refractivity contribution in [3.05, 3.63) is 24.8 Å². The van der Waals surface area contributed by atoms with Crippen LogP contribution in [0.3, 0.4) is 0 Å². The van der Waals surface area contributed by atoms with E-state index < -0.39 is 5.60 Å². The molecular formula is C15H18INO2S2. The first-order chi connectivity index (χ1) is 9.73. The van der Waals surface area contributed by atoms with Crippen molar-refractivity contribution in [2.75, 3.05) is 5.73 Å². The fraction of sp³-hybridized carbons (Fsp3) is 0.400. The Morgan fingerprint density at radius 1 is 1.43 bits per heavy atom. The molecule has 2 rings (SSSR count). The van der Waals surface area contributed by atoms with E-state index >= 15 is 0 Å². The first-order valence-electron chi connectivity index (χ1n) is 6.61. The Hall–Kier alpha value is -0.600. The van der Waals surface area contributed by atoms with Gasteiger partial charge in [0.25, 0.3) is 0 Å². The Morgan fingerprint density at radius 3 is 2.57 bits per heavy atom. The minimum absolute atomic E-state index is 0.337. The summed E-state index contributed by atoms with van der Waals surface area (Å²) in [5, 5.41) is 2.10. The lowest BCUT2D eigenvalue weighted by molar-refractivity contribution is 0.00763. The molecule has 0 spiro atoms. The van der Waals surface area contributed by atoms with Gasteiger partial charge in [-0.05, 0) is 61.4 Å². The number of nitrogen functional groups attached to an aromatic ring is 1. The van der Waals surface area contributed by atoms with E-state index in [9.17, 15) is 4.79 Å². The molecule has 2 aromatic rings. The van der Waals surface area contributed by atoms with Crippen molar-refractivity contribution in [1.29, 1.82) is 0 Å². The van der Waals surface area contributed by atoms with Gasteiger partial charge in [-0.1, -0.05) is 6.92 Å². The first kappa shape index (κ1) is 16.8. The molecule has 0 atom stereocenters. The van der Waals surface area contributed by atoms with Crippen LogP contribution in [-0.4, -0.2) is 11.6 Å². The van der Waals surface area contributed by atoms with E-state index in [-0.39, 0.29) is 5.97 Å². The van der Waals surface area contributed by atoms with Crippen molar-refractivity contribution in [3.63, 3.8) is 0 Å². The number of anilines is 1. The number of thiophene rings is 2. The van der Waals surface area contributed by atoms with E-state index in [0.717, 1.165) is 22.4 Å². The Balaban J connectivity index is 2.45. The second kappa shape index (κ2) is 6.26. The molecule has 0 aliphatic carbocycles. The highest BCUT2D eigenvalue weighted by Crippen LogP contribution is 2.41. The Kier molecular flexibility index (Phi) is 4.99. The molecule has 2 aromatic heterocycles. The van der Waals surface area contributed by atoms with Crippen molar-refractivity contribution in [3.8, 4) is 10.4 Å². The molecule has 0 amide bonds. The van der Waals surface area contributed by atoms with Crippen LogP contribution in [0.4, 0.5) is 5.69 Å². The average molecular weight is 435 g/mol. The molecule has 6 heteroatoms. The number of carbonyl (C=O) groups excluding carboxylic acids is 1. The third-order valence-electron chi connectivity index (χ3n) is 2.82. The molecule has 2 heterocycles. The highest BCUT2D eigenvalue weighted by Gasteiger charge is 2.25. The molecular weight excluding hydrogens is 417 g/mol. The first-order valence-corrected chi connectivity index (χ1v) is 9.39. The number of halogens is 1. The standard InChI is InChI=1S/C15H18INO2S2/c1-5-9-11(17)13(14(18)19-15(2,3)4)21-12(9)8-6-10(16)20-7-8/h6-7H,5,17H2,1-4H3. The predicted molar refractivity (Wildman–Crippen MR) is 99.3 cm³/mol. The maximum Gasteiger partial charge on any atom is 0.351 e. The molecule has 0 saturated carbocycles. The molecule has 0 unspecified atom stereocenters. The molecule has 0 bridgehead atoms. The van der Waals surface area contributed by atoms with Crippen molar-refractivity contribution in [2.45, 2.75) is 39.7 Å². The summed E-state index contributed by atoms with van der Waals surface area (Å²) in [7, 11) is 0. The molecule has 114 valence electrons. The second-order valence-corrected chi connectivity index (χ2v) is 9.47. The molecule has 2 N–H and O–H groups in total. The number of nitrogens with two attached hydrogens (primary N) is 1. The minimum Gasteiger partial charge on any atom is -0.456 e. The molecule has 21 heavy (non-hydrogen) atoms. The Morgan fingerprint density at radius 2 is 2.10 bits per heavy atom. The van der Waals surface area contributed by atoms with E-state index in [1.807, 2.05) is 20.8 Å². The number of hydrogen-bond acceptors (Lipinski definition) is 5. The summed E-state index contributed by atoms with van der Waals surface area (Å²) in [6.45, 7) is 7.63. The van der Waals surface area contributed by atoms with Gasteiger partial charge in [-0.25, -0.2) is 4.79 Å². The van der Waals surface area contributed by atoms with Crippen molar-refractivity contribution in [1.82, 2.24) is 0 Å². The van der Waals surface area contributed by atoms with E-state index in [2.05, 4.69) is 41.0 Å². The van der Waals surface area contributed by atoms with Crippen LogP contribution in [0.15, 0.2) is 11.4 Å². The number of esters is 1. The number of hydrogen-bond donors (Lipinski definition) is 1.